The van der Waals surface area contributed by atoms with Crippen LogP contribution in [0.4, 0.5) is 0 Å². The maximum absolute atomic E-state index is 12.4. The highest BCUT2D eigenvalue weighted by Crippen LogP contribution is 2.22. The third kappa shape index (κ3) is 4.20. The first-order valence-corrected chi connectivity index (χ1v) is 11.4. The average Bonchev–Trinajstić information content (AvgIpc) is 3.23. The molecule has 1 fully saturated rings. The third-order valence-electron chi connectivity index (χ3n) is 5.00. The van der Waals surface area contributed by atoms with Crippen LogP contribution >= 0.6 is 0 Å². The summed E-state index contributed by atoms with van der Waals surface area (Å²) in [6.07, 6.45) is 0.377. The van der Waals surface area contributed by atoms with E-state index in [-0.39, 0.29) is 17.1 Å². The molecule has 0 aliphatic carbocycles. The molecule has 1 N–H and O–H groups in total. The van der Waals surface area contributed by atoms with Gasteiger partial charge in [0.05, 0.1) is 28.1 Å². The Morgan fingerprint density at radius 2 is 1.97 bits per heavy atom. The lowest BCUT2D eigenvalue weighted by Crippen LogP contribution is -2.38. The Labute approximate surface area is 173 Å². The number of ether oxygens (including phenoxy) is 1. The van der Waals surface area contributed by atoms with Gasteiger partial charge >= 0.3 is 5.97 Å². The number of fused-ring (bicyclic) bond motifs is 1. The van der Waals surface area contributed by atoms with E-state index in [1.165, 1.54) is 0 Å². The second kappa shape index (κ2) is 7.91. The highest BCUT2D eigenvalue weighted by atomic mass is 32.2. The number of rotatable bonds is 5. The number of sulfone groups is 1. The van der Waals surface area contributed by atoms with E-state index in [1.54, 1.807) is 18.2 Å². The van der Waals surface area contributed by atoms with E-state index in [1.807, 2.05) is 41.8 Å². The van der Waals surface area contributed by atoms with Crippen LogP contribution in [0.15, 0.2) is 48.5 Å². The van der Waals surface area contributed by atoms with Crippen LogP contribution in [0.1, 0.15) is 22.6 Å². The van der Waals surface area contributed by atoms with Crippen molar-refractivity contribution in [2.75, 3.05) is 18.1 Å². The number of imidazole rings is 1. The zero-order valence-electron chi connectivity index (χ0n) is 16.4. The van der Waals surface area contributed by atoms with Gasteiger partial charge in [-0.1, -0.05) is 18.2 Å². The number of carbonyl (C=O) groups is 2. The number of aryl methyl sites for hydroxylation is 1. The molecule has 0 saturated carbocycles. The minimum atomic E-state index is -3.09. The summed E-state index contributed by atoms with van der Waals surface area (Å²) in [5, 5.41) is 2.59. The molecular formula is C21H21N3O5S. The Morgan fingerprint density at radius 3 is 2.67 bits per heavy atom. The third-order valence-corrected chi connectivity index (χ3v) is 6.77. The zero-order chi connectivity index (χ0) is 21.3. The lowest BCUT2D eigenvalue weighted by Gasteiger charge is -2.11. The summed E-state index contributed by atoms with van der Waals surface area (Å²) in [7, 11) is -3.09. The number of hydrogen-bond donors (Lipinski definition) is 1. The number of aromatic nitrogens is 2. The summed E-state index contributed by atoms with van der Waals surface area (Å²) >= 11 is 0. The van der Waals surface area contributed by atoms with Gasteiger partial charge in [0, 0.05) is 11.7 Å². The van der Waals surface area contributed by atoms with E-state index in [0.29, 0.717) is 11.9 Å². The molecule has 1 atom stereocenters. The Balaban J connectivity index is 1.43. The van der Waals surface area contributed by atoms with Crippen molar-refractivity contribution in [2.45, 2.75) is 19.4 Å². The molecule has 8 nitrogen and oxygen atoms in total. The Morgan fingerprint density at radius 1 is 1.20 bits per heavy atom. The number of esters is 1. The predicted molar refractivity (Wildman–Crippen MR) is 111 cm³/mol. The molecule has 2 aromatic carbocycles. The number of benzene rings is 2. The van der Waals surface area contributed by atoms with Crippen LogP contribution in [0, 0.1) is 6.92 Å². The molecule has 1 aliphatic heterocycles. The summed E-state index contributed by atoms with van der Waals surface area (Å²) < 4.78 is 30.0. The van der Waals surface area contributed by atoms with Crippen LogP contribution in [0.2, 0.25) is 0 Å². The van der Waals surface area contributed by atoms with Crippen LogP contribution in [0.25, 0.3) is 16.7 Å². The Bertz CT molecular complexity index is 1220. The molecule has 2 heterocycles. The smallest absolute Gasteiger partial charge is 0.338 e. The van der Waals surface area contributed by atoms with Crippen molar-refractivity contribution in [3.63, 3.8) is 0 Å². The lowest BCUT2D eigenvalue weighted by molar-refractivity contribution is -0.124. The Hall–Kier alpha value is -3.20. The quantitative estimate of drug-likeness (QED) is 0.622. The van der Waals surface area contributed by atoms with Gasteiger partial charge in [-0.15, -0.1) is 0 Å². The summed E-state index contributed by atoms with van der Waals surface area (Å²) in [4.78, 5) is 28.9. The standard InChI is InChI=1S/C21H21N3O5S/c1-14-22-18-11-15(7-8-19(18)24(14)17-5-3-2-4-6-17)21(26)29-12-20(25)23-16-9-10-30(27,28)13-16/h2-8,11,16H,9-10,12-13H2,1H3,(H,23,25)/t16-/m0/s1. The molecule has 1 aliphatic rings. The number of para-hydroxylation sites is 1. The van der Waals surface area contributed by atoms with Crippen molar-refractivity contribution < 1.29 is 22.7 Å². The molecule has 30 heavy (non-hydrogen) atoms. The predicted octanol–water partition coefficient (Wildman–Crippen LogP) is 1.79. The van der Waals surface area contributed by atoms with E-state index in [4.69, 9.17) is 4.74 Å². The summed E-state index contributed by atoms with van der Waals surface area (Å²) in [6.45, 7) is 1.42. The van der Waals surface area contributed by atoms with Crippen LogP contribution in [-0.4, -0.2) is 54.0 Å². The van der Waals surface area contributed by atoms with Gasteiger partial charge in [0.25, 0.3) is 5.91 Å². The molecule has 4 rings (SSSR count). The molecule has 0 radical (unpaired) electrons. The van der Waals surface area contributed by atoms with Gasteiger partial charge in [-0.25, -0.2) is 18.2 Å². The van der Waals surface area contributed by atoms with E-state index >= 15 is 0 Å². The van der Waals surface area contributed by atoms with Gasteiger partial charge in [-0.05, 0) is 43.7 Å². The largest absolute Gasteiger partial charge is 0.452 e. The minimum absolute atomic E-state index is 0.0623. The van der Waals surface area contributed by atoms with E-state index < -0.39 is 34.4 Å². The van der Waals surface area contributed by atoms with Gasteiger partial charge < -0.3 is 10.1 Å². The van der Waals surface area contributed by atoms with E-state index in [0.717, 1.165) is 17.0 Å². The van der Waals surface area contributed by atoms with E-state index in [9.17, 15) is 18.0 Å². The molecule has 0 unspecified atom stereocenters. The van der Waals surface area contributed by atoms with Crippen LogP contribution in [-0.2, 0) is 19.4 Å². The van der Waals surface area contributed by atoms with Gasteiger partial charge in [0.2, 0.25) is 0 Å². The normalized spacial score (nSPS) is 17.7. The number of amides is 1. The van der Waals surface area contributed by atoms with Crippen molar-refractivity contribution in [1.29, 1.82) is 0 Å². The Kier molecular flexibility index (Phi) is 5.29. The topological polar surface area (TPSA) is 107 Å². The number of nitrogens with one attached hydrogen (secondary N) is 1. The lowest BCUT2D eigenvalue weighted by atomic mass is 10.2. The monoisotopic (exact) mass is 427 g/mol. The molecule has 156 valence electrons. The second-order valence-corrected chi connectivity index (χ2v) is 9.51. The maximum atomic E-state index is 12.4. The first kappa shape index (κ1) is 20.1. The van der Waals surface area contributed by atoms with Crippen LogP contribution < -0.4 is 5.32 Å². The first-order chi connectivity index (χ1) is 14.3. The summed E-state index contributed by atoms with van der Waals surface area (Å²) in [6, 6.07) is 14.4. The molecule has 0 bridgehead atoms. The molecule has 1 amide bonds. The molecular weight excluding hydrogens is 406 g/mol. The maximum Gasteiger partial charge on any atom is 0.338 e. The van der Waals surface area contributed by atoms with Crippen molar-refractivity contribution in [3.05, 3.63) is 59.9 Å². The van der Waals surface area contributed by atoms with Crippen molar-refractivity contribution in [2.24, 2.45) is 0 Å². The number of carbonyl (C=O) groups excluding carboxylic acids is 2. The fourth-order valence-corrected chi connectivity index (χ4v) is 5.30. The molecule has 9 heteroatoms. The molecule has 1 aromatic heterocycles. The summed E-state index contributed by atoms with van der Waals surface area (Å²) in [5.74, 6) is -0.388. The fourth-order valence-electron chi connectivity index (χ4n) is 3.62. The highest BCUT2D eigenvalue weighted by molar-refractivity contribution is 7.91. The van der Waals surface area contributed by atoms with Crippen LogP contribution in [0.3, 0.4) is 0 Å². The van der Waals surface area contributed by atoms with Crippen molar-refractivity contribution >= 4 is 32.7 Å². The fraction of sp³-hybridized carbons (Fsp3) is 0.286. The highest BCUT2D eigenvalue weighted by Gasteiger charge is 2.29. The van der Waals surface area contributed by atoms with Crippen LogP contribution in [0.5, 0.6) is 0 Å². The first-order valence-electron chi connectivity index (χ1n) is 9.54. The second-order valence-electron chi connectivity index (χ2n) is 7.28. The molecule has 1 saturated heterocycles. The minimum Gasteiger partial charge on any atom is -0.452 e. The van der Waals surface area contributed by atoms with Gasteiger partial charge in [0.1, 0.15) is 5.82 Å². The average molecular weight is 427 g/mol. The number of nitrogens with zero attached hydrogens (tertiary/aromatic N) is 2. The van der Waals surface area contributed by atoms with E-state index in [2.05, 4.69) is 10.3 Å². The number of hydrogen-bond acceptors (Lipinski definition) is 6. The molecule has 3 aromatic rings. The van der Waals surface area contributed by atoms with Gasteiger partial charge in [0.15, 0.2) is 16.4 Å². The zero-order valence-corrected chi connectivity index (χ0v) is 17.2. The SMILES string of the molecule is Cc1nc2cc(C(=O)OCC(=O)N[C@H]3CCS(=O)(=O)C3)ccc2n1-c1ccccc1. The van der Waals surface area contributed by atoms with Crippen molar-refractivity contribution in [1.82, 2.24) is 14.9 Å². The van der Waals surface area contributed by atoms with Gasteiger partial charge in [-0.2, -0.15) is 0 Å². The van der Waals surface area contributed by atoms with Crippen molar-refractivity contribution in [3.8, 4) is 5.69 Å². The van der Waals surface area contributed by atoms with Gasteiger partial charge in [-0.3, -0.25) is 9.36 Å². The molecule has 0 spiro atoms. The summed E-state index contributed by atoms with van der Waals surface area (Å²) in [5.41, 5.74) is 2.76.